The molecule has 0 amide bonds. The number of aliphatic carboxylic acids is 1. The van der Waals surface area contributed by atoms with Crippen molar-refractivity contribution in [2.24, 2.45) is 5.92 Å². The molecule has 3 heterocycles. The monoisotopic (exact) mass is 331 g/mol. The molecule has 2 aliphatic heterocycles. The van der Waals surface area contributed by atoms with Gasteiger partial charge >= 0.3 is 5.97 Å². The van der Waals surface area contributed by atoms with E-state index in [1.807, 2.05) is 18.3 Å². The second-order valence-electron chi connectivity index (χ2n) is 7.89. The minimum atomic E-state index is -0.692. The van der Waals surface area contributed by atoms with E-state index < -0.39 is 5.97 Å². The van der Waals surface area contributed by atoms with E-state index >= 15 is 0 Å². The zero-order valence-electron chi connectivity index (χ0n) is 14.8. The molecule has 2 fully saturated rings. The standard InChI is InChI=1S/C19H29N3O2/c1-19(2,22-9-4-3-5-10-22)14-21-12-16(17(13-21)18(23)24)15-7-6-8-20-11-15/h6-8,11,16-17H,3-5,9-10,12-14H2,1-2H3,(H,23,24)/t16-,17+/m1/s1. The highest BCUT2D eigenvalue weighted by Crippen LogP contribution is 2.34. The van der Waals surface area contributed by atoms with E-state index in [-0.39, 0.29) is 17.4 Å². The molecule has 0 aromatic carbocycles. The summed E-state index contributed by atoms with van der Waals surface area (Å²) in [6.45, 7) is 9.28. The Morgan fingerprint density at radius 2 is 2.04 bits per heavy atom. The van der Waals surface area contributed by atoms with E-state index in [2.05, 4.69) is 28.6 Å². The first kappa shape index (κ1) is 17.4. The quantitative estimate of drug-likeness (QED) is 0.898. The summed E-state index contributed by atoms with van der Waals surface area (Å²) in [6, 6.07) is 3.90. The first-order valence-corrected chi connectivity index (χ1v) is 9.07. The summed E-state index contributed by atoms with van der Waals surface area (Å²) in [7, 11) is 0. The first-order chi connectivity index (χ1) is 11.5. The van der Waals surface area contributed by atoms with Crippen molar-refractivity contribution in [2.45, 2.75) is 44.6 Å². The normalized spacial score (nSPS) is 26.6. The van der Waals surface area contributed by atoms with Gasteiger partial charge in [-0.2, -0.15) is 0 Å². The molecule has 0 aliphatic carbocycles. The van der Waals surface area contributed by atoms with Crippen LogP contribution >= 0.6 is 0 Å². The van der Waals surface area contributed by atoms with Gasteiger partial charge in [-0.25, -0.2) is 0 Å². The van der Waals surface area contributed by atoms with E-state index in [0.717, 1.165) is 31.7 Å². The maximum absolute atomic E-state index is 11.7. The fraction of sp³-hybridized carbons (Fsp3) is 0.684. The second kappa shape index (κ2) is 7.19. The Labute approximate surface area is 144 Å². The Morgan fingerprint density at radius 1 is 1.29 bits per heavy atom. The zero-order valence-corrected chi connectivity index (χ0v) is 14.8. The van der Waals surface area contributed by atoms with Crippen LogP contribution in [-0.2, 0) is 4.79 Å². The zero-order chi connectivity index (χ0) is 17.2. The summed E-state index contributed by atoms with van der Waals surface area (Å²) >= 11 is 0. The van der Waals surface area contributed by atoms with E-state index in [1.165, 1.54) is 19.3 Å². The molecular formula is C19H29N3O2. The Bertz CT molecular complexity index is 555. The van der Waals surface area contributed by atoms with Crippen molar-refractivity contribution >= 4 is 5.97 Å². The number of carboxylic acid groups (broad SMARTS) is 1. The predicted octanol–water partition coefficient (Wildman–Crippen LogP) is 2.45. The van der Waals surface area contributed by atoms with Crippen LogP contribution in [-0.4, -0.2) is 64.1 Å². The number of rotatable bonds is 5. The number of aromatic nitrogens is 1. The lowest BCUT2D eigenvalue weighted by atomic mass is 9.90. The number of carboxylic acids is 1. The number of likely N-dealkylation sites (tertiary alicyclic amines) is 2. The van der Waals surface area contributed by atoms with Crippen molar-refractivity contribution < 1.29 is 9.90 Å². The molecule has 5 heteroatoms. The number of hydrogen-bond donors (Lipinski definition) is 1. The maximum Gasteiger partial charge on any atom is 0.308 e. The lowest BCUT2D eigenvalue weighted by molar-refractivity contribution is -0.141. The SMILES string of the molecule is CC(C)(CN1C[C@H](C(=O)O)[C@@H](c2cccnc2)C1)N1CCCCC1. The fourth-order valence-corrected chi connectivity index (χ4v) is 4.34. The molecule has 0 saturated carbocycles. The molecule has 1 aromatic heterocycles. The highest BCUT2D eigenvalue weighted by atomic mass is 16.4. The van der Waals surface area contributed by atoms with Gasteiger partial charge in [0.05, 0.1) is 5.92 Å². The van der Waals surface area contributed by atoms with Gasteiger partial charge in [0.2, 0.25) is 0 Å². The van der Waals surface area contributed by atoms with Crippen LogP contribution in [0.15, 0.2) is 24.5 Å². The van der Waals surface area contributed by atoms with Crippen LogP contribution in [0.25, 0.3) is 0 Å². The molecule has 3 rings (SSSR count). The molecule has 1 aromatic rings. The van der Waals surface area contributed by atoms with Crippen LogP contribution in [0.5, 0.6) is 0 Å². The summed E-state index contributed by atoms with van der Waals surface area (Å²) in [5.74, 6) is -0.998. The molecule has 0 spiro atoms. The first-order valence-electron chi connectivity index (χ1n) is 9.07. The number of piperidine rings is 1. The molecule has 0 unspecified atom stereocenters. The van der Waals surface area contributed by atoms with Gasteiger partial charge in [-0.15, -0.1) is 0 Å². The topological polar surface area (TPSA) is 56.7 Å². The highest BCUT2D eigenvalue weighted by Gasteiger charge is 2.41. The van der Waals surface area contributed by atoms with Crippen LogP contribution in [0.1, 0.15) is 44.6 Å². The minimum Gasteiger partial charge on any atom is -0.481 e. The Morgan fingerprint density at radius 3 is 2.67 bits per heavy atom. The smallest absolute Gasteiger partial charge is 0.308 e. The summed E-state index contributed by atoms with van der Waals surface area (Å²) in [5.41, 5.74) is 1.14. The lowest BCUT2D eigenvalue weighted by Crippen LogP contribution is -2.53. The Hall–Kier alpha value is -1.46. The Kier molecular flexibility index (Phi) is 5.21. The molecule has 0 radical (unpaired) electrons. The van der Waals surface area contributed by atoms with E-state index in [4.69, 9.17) is 0 Å². The third-order valence-corrected chi connectivity index (χ3v) is 5.65. The van der Waals surface area contributed by atoms with Crippen molar-refractivity contribution in [2.75, 3.05) is 32.7 Å². The molecule has 5 nitrogen and oxygen atoms in total. The van der Waals surface area contributed by atoms with Gasteiger partial charge in [0.25, 0.3) is 0 Å². The van der Waals surface area contributed by atoms with Crippen LogP contribution < -0.4 is 0 Å². The van der Waals surface area contributed by atoms with Crippen molar-refractivity contribution in [3.05, 3.63) is 30.1 Å². The number of hydrogen-bond acceptors (Lipinski definition) is 4. The molecular weight excluding hydrogens is 302 g/mol. The van der Waals surface area contributed by atoms with Crippen LogP contribution in [0.4, 0.5) is 0 Å². The average molecular weight is 331 g/mol. The van der Waals surface area contributed by atoms with Gasteiger partial charge < -0.3 is 10.0 Å². The van der Waals surface area contributed by atoms with Crippen molar-refractivity contribution in [1.29, 1.82) is 0 Å². The molecule has 132 valence electrons. The fourth-order valence-electron chi connectivity index (χ4n) is 4.34. The van der Waals surface area contributed by atoms with Crippen molar-refractivity contribution in [3.63, 3.8) is 0 Å². The van der Waals surface area contributed by atoms with Crippen LogP contribution in [0.3, 0.4) is 0 Å². The van der Waals surface area contributed by atoms with Gasteiger partial charge in [-0.3, -0.25) is 14.7 Å². The minimum absolute atomic E-state index is 0.0355. The third-order valence-electron chi connectivity index (χ3n) is 5.65. The predicted molar refractivity (Wildman–Crippen MR) is 94.0 cm³/mol. The summed E-state index contributed by atoms with van der Waals surface area (Å²) in [5, 5.41) is 9.65. The lowest BCUT2D eigenvalue weighted by Gasteiger charge is -2.43. The van der Waals surface area contributed by atoms with Gasteiger partial charge in [0, 0.05) is 43.5 Å². The van der Waals surface area contributed by atoms with E-state index in [9.17, 15) is 9.90 Å². The molecule has 2 atom stereocenters. The molecule has 2 aliphatic rings. The molecule has 0 bridgehead atoms. The van der Waals surface area contributed by atoms with Crippen molar-refractivity contribution in [1.82, 2.24) is 14.8 Å². The maximum atomic E-state index is 11.7. The summed E-state index contributed by atoms with van der Waals surface area (Å²) in [6.07, 6.45) is 7.45. The molecule has 1 N–H and O–H groups in total. The molecule has 2 saturated heterocycles. The van der Waals surface area contributed by atoms with Crippen LogP contribution in [0, 0.1) is 5.92 Å². The summed E-state index contributed by atoms with van der Waals surface area (Å²) in [4.78, 5) is 20.8. The second-order valence-corrected chi connectivity index (χ2v) is 7.89. The van der Waals surface area contributed by atoms with Gasteiger partial charge in [0.15, 0.2) is 0 Å². The number of pyridine rings is 1. The van der Waals surface area contributed by atoms with E-state index in [0.29, 0.717) is 6.54 Å². The Balaban J connectivity index is 1.70. The van der Waals surface area contributed by atoms with Gasteiger partial charge in [0.1, 0.15) is 0 Å². The highest BCUT2D eigenvalue weighted by molar-refractivity contribution is 5.72. The summed E-state index contributed by atoms with van der Waals surface area (Å²) < 4.78 is 0. The average Bonchev–Trinajstić information content (AvgIpc) is 3.00. The number of nitrogens with zero attached hydrogens (tertiary/aromatic N) is 3. The largest absolute Gasteiger partial charge is 0.481 e. The van der Waals surface area contributed by atoms with E-state index in [1.54, 1.807) is 6.20 Å². The third kappa shape index (κ3) is 3.78. The molecule has 24 heavy (non-hydrogen) atoms. The number of carbonyl (C=O) groups is 1. The van der Waals surface area contributed by atoms with Crippen molar-refractivity contribution in [3.8, 4) is 0 Å². The van der Waals surface area contributed by atoms with Crippen LogP contribution in [0.2, 0.25) is 0 Å². The van der Waals surface area contributed by atoms with Gasteiger partial charge in [-0.05, 0) is 51.4 Å². The van der Waals surface area contributed by atoms with Gasteiger partial charge in [-0.1, -0.05) is 12.5 Å².